The van der Waals surface area contributed by atoms with Gasteiger partial charge in [-0.25, -0.2) is 0 Å². The van der Waals surface area contributed by atoms with Crippen molar-refractivity contribution in [2.24, 2.45) is 0 Å². The van der Waals surface area contributed by atoms with Crippen LogP contribution in [0, 0.1) is 0 Å². The third kappa shape index (κ3) is 5.41. The first-order valence-electron chi connectivity index (χ1n) is 20.8. The fourth-order valence-electron chi connectivity index (χ4n) is 6.33. The van der Waals surface area contributed by atoms with Crippen LogP contribution in [0.3, 0.4) is 0 Å². The van der Waals surface area contributed by atoms with Crippen molar-refractivity contribution in [2.75, 3.05) is 4.90 Å². The molecule has 0 atom stereocenters. The maximum absolute atomic E-state index is 8.52. The molecular formula is C46H32N2S. The average molecular weight is 655 g/mol. The van der Waals surface area contributed by atoms with Crippen LogP contribution in [0.25, 0.3) is 60.2 Å². The SMILES string of the molecule is [2H]c1c([2H])c([2H])c(-c2ccc(N(c3ccc(-c4c([2H])c([2H])c([2H])c([2H])c4[2H])cc3)c3ccc(-c4ccc5c6ccccc6n(-c6ccccc6)c5c4)s3)cc2)c([2H])c1[2H]. The van der Waals surface area contributed by atoms with Crippen molar-refractivity contribution in [1.82, 2.24) is 4.57 Å². The molecule has 0 amide bonds. The topological polar surface area (TPSA) is 8.17 Å². The number of nitrogens with zero attached hydrogens (tertiary/aromatic N) is 2. The molecule has 2 nitrogen and oxygen atoms in total. The van der Waals surface area contributed by atoms with E-state index in [0.717, 1.165) is 54.3 Å². The lowest BCUT2D eigenvalue weighted by molar-refractivity contribution is 1.18. The summed E-state index contributed by atoms with van der Waals surface area (Å²) in [6, 6.07) is 39.9. The fourth-order valence-corrected chi connectivity index (χ4v) is 7.37. The summed E-state index contributed by atoms with van der Waals surface area (Å²) < 4.78 is 85.2. The average Bonchev–Trinajstić information content (AvgIpc) is 3.88. The lowest BCUT2D eigenvalue weighted by atomic mass is 10.0. The molecule has 49 heavy (non-hydrogen) atoms. The van der Waals surface area contributed by atoms with E-state index in [9.17, 15) is 0 Å². The highest BCUT2D eigenvalue weighted by molar-refractivity contribution is 7.19. The maximum atomic E-state index is 8.52. The predicted octanol–water partition coefficient (Wildman–Crippen LogP) is 13.3. The number of para-hydroxylation sites is 2. The number of hydrogen-bond donors (Lipinski definition) is 0. The summed E-state index contributed by atoms with van der Waals surface area (Å²) >= 11 is 1.58. The first kappa shape index (κ1) is 20.3. The van der Waals surface area contributed by atoms with Gasteiger partial charge in [0, 0.05) is 32.7 Å². The molecule has 9 aromatic rings. The second-order valence-electron chi connectivity index (χ2n) is 11.5. The van der Waals surface area contributed by atoms with E-state index in [0.29, 0.717) is 11.1 Å². The van der Waals surface area contributed by atoms with Crippen LogP contribution < -0.4 is 4.90 Å². The number of anilines is 3. The zero-order chi connectivity index (χ0) is 41.3. The summed E-state index contributed by atoms with van der Waals surface area (Å²) in [5.41, 5.74) is 6.89. The van der Waals surface area contributed by atoms with E-state index < -0.39 is 36.3 Å². The van der Waals surface area contributed by atoms with Crippen molar-refractivity contribution in [3.05, 3.63) is 194 Å². The van der Waals surface area contributed by atoms with E-state index in [1.807, 2.05) is 53.4 Å². The largest absolute Gasteiger partial charge is 0.309 e. The number of aromatic nitrogens is 1. The molecule has 3 heteroatoms. The number of benzene rings is 7. The Balaban J connectivity index is 1.17. The Hall–Kier alpha value is -6.16. The summed E-state index contributed by atoms with van der Waals surface area (Å²) in [7, 11) is 0. The van der Waals surface area contributed by atoms with Gasteiger partial charge in [-0.05, 0) is 88.5 Å². The second-order valence-corrected chi connectivity index (χ2v) is 12.5. The van der Waals surface area contributed by atoms with E-state index in [-0.39, 0.29) is 35.3 Å². The summed E-state index contributed by atoms with van der Waals surface area (Å²) in [6.45, 7) is 0. The standard InChI is InChI=1S/C46H32N2S/c1-4-12-33(13-5-1)35-20-25-39(26-21-35)47(40-27-22-36(23-28-40)34-14-6-2-7-15-34)46-31-30-45(49-46)37-24-29-42-41-18-10-11-19-43(41)48(44(42)32-37)38-16-8-3-9-17-38/h1-32H/i1D,2D,4D,5D,6D,7D,12D,13D,14D,15D. The van der Waals surface area contributed by atoms with Gasteiger partial charge in [0.05, 0.1) is 24.7 Å². The van der Waals surface area contributed by atoms with Crippen molar-refractivity contribution in [2.45, 2.75) is 0 Å². The third-order valence-electron chi connectivity index (χ3n) is 8.61. The van der Waals surface area contributed by atoms with E-state index in [2.05, 4.69) is 65.2 Å². The zero-order valence-electron chi connectivity index (χ0n) is 36.0. The summed E-state index contributed by atoms with van der Waals surface area (Å²) in [4.78, 5) is 3.05. The van der Waals surface area contributed by atoms with Crippen LogP contribution in [-0.2, 0) is 0 Å². The Labute approximate surface area is 304 Å². The van der Waals surface area contributed by atoms with Crippen LogP contribution in [0.5, 0.6) is 0 Å². The molecule has 0 fully saturated rings. The molecule has 2 heterocycles. The molecule has 0 aliphatic heterocycles. The molecule has 0 saturated carbocycles. The summed E-state index contributed by atoms with van der Waals surface area (Å²) in [5, 5.41) is 3.16. The molecule has 0 bridgehead atoms. The van der Waals surface area contributed by atoms with Crippen molar-refractivity contribution >= 4 is 49.5 Å². The van der Waals surface area contributed by atoms with Gasteiger partial charge in [-0.3, -0.25) is 0 Å². The fraction of sp³-hybridized carbons (Fsp3) is 0. The van der Waals surface area contributed by atoms with E-state index in [1.165, 1.54) is 0 Å². The van der Waals surface area contributed by atoms with Crippen LogP contribution >= 0.6 is 11.3 Å². The minimum absolute atomic E-state index is 0.110. The van der Waals surface area contributed by atoms with E-state index in [4.69, 9.17) is 13.7 Å². The monoisotopic (exact) mass is 654 g/mol. The molecule has 9 rings (SSSR count). The van der Waals surface area contributed by atoms with Crippen molar-refractivity contribution in [3.63, 3.8) is 0 Å². The summed E-state index contributed by atoms with van der Waals surface area (Å²) in [5.74, 6) is 0. The van der Waals surface area contributed by atoms with Crippen LogP contribution in [0.4, 0.5) is 16.4 Å². The van der Waals surface area contributed by atoms with Gasteiger partial charge < -0.3 is 9.47 Å². The van der Waals surface area contributed by atoms with Gasteiger partial charge in [-0.2, -0.15) is 0 Å². The van der Waals surface area contributed by atoms with Gasteiger partial charge in [0.25, 0.3) is 0 Å². The van der Waals surface area contributed by atoms with Gasteiger partial charge in [-0.1, -0.05) is 133 Å². The molecule has 2 aromatic heterocycles. The van der Waals surface area contributed by atoms with Crippen molar-refractivity contribution in [3.8, 4) is 38.4 Å². The Bertz CT molecular complexity index is 2930. The van der Waals surface area contributed by atoms with Crippen LogP contribution in [-0.4, -0.2) is 4.57 Å². The van der Waals surface area contributed by atoms with Crippen LogP contribution in [0.15, 0.2) is 194 Å². The minimum atomic E-state index is -0.451. The smallest absolute Gasteiger partial charge is 0.101 e. The number of fused-ring (bicyclic) bond motifs is 3. The van der Waals surface area contributed by atoms with Crippen molar-refractivity contribution in [1.29, 1.82) is 0 Å². The normalized spacial score (nSPS) is 14.1. The molecule has 0 aliphatic carbocycles. The highest BCUT2D eigenvalue weighted by Crippen LogP contribution is 2.44. The summed E-state index contributed by atoms with van der Waals surface area (Å²) in [6.07, 6.45) is 0. The lowest BCUT2D eigenvalue weighted by Gasteiger charge is -2.24. The molecule has 0 radical (unpaired) electrons. The second kappa shape index (κ2) is 12.5. The van der Waals surface area contributed by atoms with Crippen LogP contribution in [0.2, 0.25) is 0 Å². The molecule has 0 aliphatic rings. The van der Waals surface area contributed by atoms with E-state index >= 15 is 0 Å². The third-order valence-corrected chi connectivity index (χ3v) is 9.73. The highest BCUT2D eigenvalue weighted by atomic mass is 32.1. The molecule has 0 spiro atoms. The lowest BCUT2D eigenvalue weighted by Crippen LogP contribution is -2.08. The number of hydrogen-bond acceptors (Lipinski definition) is 2. The Morgan fingerprint density at radius 3 is 1.63 bits per heavy atom. The van der Waals surface area contributed by atoms with Gasteiger partial charge >= 0.3 is 0 Å². The first-order chi connectivity index (χ1) is 28.4. The molecule has 232 valence electrons. The highest BCUT2D eigenvalue weighted by Gasteiger charge is 2.18. The van der Waals surface area contributed by atoms with Gasteiger partial charge in [0.2, 0.25) is 0 Å². The first-order valence-corrected chi connectivity index (χ1v) is 16.6. The molecule has 0 N–H and O–H groups in total. The van der Waals surface area contributed by atoms with Crippen molar-refractivity contribution < 1.29 is 13.7 Å². The maximum Gasteiger partial charge on any atom is 0.101 e. The minimum Gasteiger partial charge on any atom is -0.309 e. The zero-order valence-corrected chi connectivity index (χ0v) is 26.8. The molecule has 0 saturated heterocycles. The Morgan fingerprint density at radius 1 is 0.449 bits per heavy atom. The van der Waals surface area contributed by atoms with Gasteiger partial charge in [0.1, 0.15) is 5.00 Å². The van der Waals surface area contributed by atoms with Crippen LogP contribution in [0.1, 0.15) is 13.7 Å². The van der Waals surface area contributed by atoms with Gasteiger partial charge in [0.15, 0.2) is 0 Å². The Morgan fingerprint density at radius 2 is 1.00 bits per heavy atom. The quantitative estimate of drug-likeness (QED) is 0.166. The molecule has 0 unspecified atom stereocenters. The number of thiophene rings is 1. The van der Waals surface area contributed by atoms with Gasteiger partial charge in [-0.15, -0.1) is 11.3 Å². The number of rotatable bonds is 7. The Kier molecular flexibility index (Phi) is 5.15. The molecular weight excluding hydrogens is 613 g/mol. The molecule has 7 aromatic carbocycles. The predicted molar refractivity (Wildman–Crippen MR) is 210 cm³/mol. The van der Waals surface area contributed by atoms with E-state index in [1.54, 1.807) is 35.6 Å².